The van der Waals surface area contributed by atoms with E-state index in [1.165, 1.54) is 18.5 Å². The van der Waals surface area contributed by atoms with Crippen LogP contribution in [0.25, 0.3) is 0 Å². The molecule has 1 N–H and O–H groups in total. The second kappa shape index (κ2) is 2.96. The molecule has 1 heterocycles. The maximum atomic E-state index is 11.1. The third kappa shape index (κ3) is 1.31. The van der Waals surface area contributed by atoms with E-state index in [1.807, 2.05) is 5.32 Å². The third-order valence-corrected chi connectivity index (χ3v) is 1.04. The van der Waals surface area contributed by atoms with Crippen molar-refractivity contribution in [2.24, 2.45) is 0 Å². The van der Waals surface area contributed by atoms with E-state index in [-0.39, 0.29) is 5.56 Å². The highest BCUT2D eigenvalue weighted by atomic mass is 16.1. The lowest BCUT2D eigenvalue weighted by Crippen LogP contribution is -2.17. The van der Waals surface area contributed by atoms with Crippen LogP contribution in [0, 0.1) is 0 Å². The number of carbonyl (C=O) groups is 1. The molecule has 0 saturated heterocycles. The molecule has 0 saturated carbocycles. The van der Waals surface area contributed by atoms with Gasteiger partial charge in [-0.1, -0.05) is 0 Å². The van der Waals surface area contributed by atoms with E-state index < -0.39 is 12.9 Å². The number of pyridine rings is 1. The molecule has 0 aliphatic heterocycles. The van der Waals surface area contributed by atoms with Gasteiger partial charge in [-0.3, -0.25) is 9.78 Å². The average Bonchev–Trinajstić information content (AvgIpc) is 2.03. The zero-order valence-electron chi connectivity index (χ0n) is 8.16. The predicted molar refractivity (Wildman–Crippen MR) is 37.6 cm³/mol. The molecule has 1 aromatic rings. The van der Waals surface area contributed by atoms with Crippen LogP contribution < -0.4 is 5.32 Å². The fourth-order valence-electron chi connectivity index (χ4n) is 0.569. The van der Waals surface area contributed by atoms with Gasteiger partial charge in [-0.15, -0.1) is 0 Å². The van der Waals surface area contributed by atoms with Crippen LogP contribution in [0.4, 0.5) is 0 Å². The summed E-state index contributed by atoms with van der Waals surface area (Å²) < 4.78 is 20.4. The number of rotatable bonds is 1. The number of nitrogens with one attached hydrogen (secondary N) is 1. The first-order valence-electron chi connectivity index (χ1n) is 4.21. The van der Waals surface area contributed by atoms with Crippen molar-refractivity contribution >= 4 is 5.91 Å². The Morgan fingerprint density at radius 1 is 1.90 bits per heavy atom. The summed E-state index contributed by atoms with van der Waals surface area (Å²) in [6.45, 7) is -2.45. The number of hydrogen-bond acceptors (Lipinski definition) is 2. The van der Waals surface area contributed by atoms with Crippen LogP contribution in [-0.4, -0.2) is 17.9 Å². The van der Waals surface area contributed by atoms with E-state index in [4.69, 9.17) is 4.11 Å². The van der Waals surface area contributed by atoms with Crippen LogP contribution in [0.5, 0.6) is 0 Å². The lowest BCUT2D eigenvalue weighted by Gasteiger charge is -1.95. The Morgan fingerprint density at radius 3 is 3.40 bits per heavy atom. The first kappa shape index (κ1) is 3.71. The largest absolute Gasteiger partial charge is 0.355 e. The van der Waals surface area contributed by atoms with Gasteiger partial charge < -0.3 is 5.32 Å². The van der Waals surface area contributed by atoms with Crippen LogP contribution in [-0.2, 0) is 0 Å². The lowest BCUT2D eigenvalue weighted by molar-refractivity contribution is 0.0963. The smallest absolute Gasteiger partial charge is 0.252 e. The van der Waals surface area contributed by atoms with Crippen molar-refractivity contribution in [1.29, 1.82) is 0 Å². The monoisotopic (exact) mass is 139 g/mol. The second-order valence-corrected chi connectivity index (χ2v) is 1.70. The molecular weight excluding hydrogens is 128 g/mol. The van der Waals surface area contributed by atoms with E-state index in [0.29, 0.717) is 0 Å². The average molecular weight is 139 g/mol. The van der Waals surface area contributed by atoms with Gasteiger partial charge in [0.1, 0.15) is 0 Å². The highest BCUT2D eigenvalue weighted by Crippen LogP contribution is 1.93. The molecule has 0 bridgehead atoms. The molecule has 0 aromatic carbocycles. The van der Waals surface area contributed by atoms with Gasteiger partial charge in [0.05, 0.1) is 5.56 Å². The maximum Gasteiger partial charge on any atom is 0.252 e. The van der Waals surface area contributed by atoms with E-state index in [0.717, 1.165) is 0 Å². The molecule has 1 rings (SSSR count). The number of carbonyl (C=O) groups excluding carboxylic acids is 1. The molecule has 1 aromatic heterocycles. The van der Waals surface area contributed by atoms with Gasteiger partial charge in [-0.2, -0.15) is 0 Å². The first-order valence-corrected chi connectivity index (χ1v) is 2.71. The number of nitrogens with zero attached hydrogens (tertiary/aromatic N) is 1. The molecule has 3 nitrogen and oxygen atoms in total. The Labute approximate surface area is 63.3 Å². The molecule has 0 atom stereocenters. The summed E-state index contributed by atoms with van der Waals surface area (Å²) in [6, 6.07) is 3.06. The van der Waals surface area contributed by atoms with Crippen LogP contribution in [0.15, 0.2) is 24.5 Å². The van der Waals surface area contributed by atoms with Crippen molar-refractivity contribution in [1.82, 2.24) is 10.3 Å². The molecular formula is C7H8N2O. The summed E-state index contributed by atoms with van der Waals surface area (Å²) in [5, 5.41) is 1.86. The van der Waals surface area contributed by atoms with Gasteiger partial charge in [0.2, 0.25) is 0 Å². The van der Waals surface area contributed by atoms with Crippen LogP contribution >= 0.6 is 0 Å². The lowest BCUT2D eigenvalue weighted by atomic mass is 10.3. The number of hydrogen-bond donors (Lipinski definition) is 1. The van der Waals surface area contributed by atoms with Crippen LogP contribution in [0.2, 0.25) is 0 Å². The van der Waals surface area contributed by atoms with Crippen LogP contribution in [0.1, 0.15) is 14.5 Å². The summed E-state index contributed by atoms with van der Waals surface area (Å²) >= 11 is 0. The third-order valence-electron chi connectivity index (χ3n) is 1.04. The van der Waals surface area contributed by atoms with Crippen molar-refractivity contribution in [3.05, 3.63) is 30.1 Å². The molecule has 0 unspecified atom stereocenters. The molecule has 0 fully saturated rings. The fourth-order valence-corrected chi connectivity index (χ4v) is 0.569. The van der Waals surface area contributed by atoms with Gasteiger partial charge in [0.15, 0.2) is 0 Å². The predicted octanol–water partition coefficient (Wildman–Crippen LogP) is 0.441. The normalized spacial score (nSPS) is 14.6. The Morgan fingerprint density at radius 2 is 2.80 bits per heavy atom. The van der Waals surface area contributed by atoms with E-state index >= 15 is 0 Å². The first-order chi connectivity index (χ1) is 5.99. The van der Waals surface area contributed by atoms with E-state index in [9.17, 15) is 4.79 Å². The highest BCUT2D eigenvalue weighted by molar-refractivity contribution is 5.93. The summed E-state index contributed by atoms with van der Waals surface area (Å²) in [4.78, 5) is 14.8. The van der Waals surface area contributed by atoms with Crippen molar-refractivity contribution in [3.8, 4) is 0 Å². The standard InChI is InChI=1S/C7H8N2O/c1-8-7(10)6-3-2-4-9-5-6/h2-5H,1H3,(H,8,10)/i1D3. The SMILES string of the molecule is [2H]C([2H])([2H])NC(=O)c1cccnc1. The molecule has 0 aliphatic rings. The van der Waals surface area contributed by atoms with E-state index in [1.54, 1.807) is 6.07 Å². The second-order valence-electron chi connectivity index (χ2n) is 1.70. The molecule has 3 heteroatoms. The van der Waals surface area contributed by atoms with Crippen molar-refractivity contribution < 1.29 is 8.91 Å². The number of aromatic nitrogens is 1. The molecule has 1 amide bonds. The zero-order chi connectivity index (χ0) is 9.90. The minimum atomic E-state index is -2.45. The Kier molecular flexibility index (Phi) is 1.10. The maximum absolute atomic E-state index is 11.1. The molecule has 0 aliphatic carbocycles. The Hall–Kier alpha value is -1.38. The summed E-state index contributed by atoms with van der Waals surface area (Å²) in [7, 11) is 0. The summed E-state index contributed by atoms with van der Waals surface area (Å²) in [5.41, 5.74) is 0.235. The van der Waals surface area contributed by atoms with Crippen molar-refractivity contribution in [2.75, 3.05) is 6.98 Å². The topological polar surface area (TPSA) is 42.0 Å². The number of amides is 1. The minimum absolute atomic E-state index is 0.235. The zero-order valence-corrected chi connectivity index (χ0v) is 5.16. The summed E-state index contributed by atoms with van der Waals surface area (Å²) in [6.07, 6.45) is 2.81. The van der Waals surface area contributed by atoms with Crippen molar-refractivity contribution in [2.45, 2.75) is 0 Å². The van der Waals surface area contributed by atoms with Crippen LogP contribution in [0.3, 0.4) is 0 Å². The molecule has 0 spiro atoms. The van der Waals surface area contributed by atoms with E-state index in [2.05, 4.69) is 4.98 Å². The Bertz CT molecular complexity index is 296. The van der Waals surface area contributed by atoms with Gasteiger partial charge in [0.25, 0.3) is 5.91 Å². The van der Waals surface area contributed by atoms with Gasteiger partial charge in [-0.05, 0) is 12.1 Å². The van der Waals surface area contributed by atoms with Gasteiger partial charge in [-0.25, -0.2) is 0 Å². The fraction of sp³-hybridized carbons (Fsp3) is 0.143. The quantitative estimate of drug-likeness (QED) is 0.613. The Balaban J connectivity index is 2.71. The summed E-state index contributed by atoms with van der Waals surface area (Å²) in [5.74, 6) is -0.645. The minimum Gasteiger partial charge on any atom is -0.355 e. The molecule has 10 heavy (non-hydrogen) atoms. The molecule has 0 radical (unpaired) electrons. The molecule has 52 valence electrons. The van der Waals surface area contributed by atoms with Crippen molar-refractivity contribution in [3.63, 3.8) is 0 Å². The highest BCUT2D eigenvalue weighted by Gasteiger charge is 1.98. The van der Waals surface area contributed by atoms with Gasteiger partial charge >= 0.3 is 0 Å². The van der Waals surface area contributed by atoms with Gasteiger partial charge in [0, 0.05) is 23.5 Å².